The summed E-state index contributed by atoms with van der Waals surface area (Å²) >= 11 is 11.5. The minimum atomic E-state index is -0.687. The van der Waals surface area contributed by atoms with Gasteiger partial charge in [-0.3, -0.25) is 0 Å². The Balaban J connectivity index is 2.18. The van der Waals surface area contributed by atoms with Crippen molar-refractivity contribution in [1.29, 1.82) is 0 Å². The van der Waals surface area contributed by atoms with Crippen LogP contribution in [0.15, 0.2) is 42.5 Å². The molecule has 2 rings (SSSR count). The Hall–Kier alpha value is -1.49. The van der Waals surface area contributed by atoms with Gasteiger partial charge in [0.05, 0.1) is 17.7 Å². The zero-order chi connectivity index (χ0) is 15.2. The molecule has 0 saturated heterocycles. The average Bonchev–Trinajstić information content (AvgIpc) is 2.47. The van der Waals surface area contributed by atoms with Gasteiger partial charge in [0.1, 0.15) is 11.6 Å². The van der Waals surface area contributed by atoms with E-state index >= 15 is 0 Å². The fraction of sp³-hybridized carbons (Fsp3) is 0.200. The van der Waals surface area contributed by atoms with Crippen molar-refractivity contribution in [3.8, 4) is 11.5 Å². The van der Waals surface area contributed by atoms with E-state index in [-0.39, 0.29) is 18.2 Å². The maximum atomic E-state index is 13.2. The quantitative estimate of drug-likeness (QED) is 0.777. The molecule has 1 atom stereocenters. The van der Waals surface area contributed by atoms with Crippen molar-refractivity contribution in [1.82, 2.24) is 0 Å². The summed E-state index contributed by atoms with van der Waals surface area (Å²) in [6.45, 7) is 0.253. The van der Waals surface area contributed by atoms with Gasteiger partial charge in [0.15, 0.2) is 5.75 Å². The Morgan fingerprint density at radius 2 is 2.05 bits per heavy atom. The first-order valence-electron chi connectivity index (χ1n) is 6.29. The van der Waals surface area contributed by atoms with E-state index in [1.807, 2.05) is 0 Å². The molecule has 0 saturated carbocycles. The predicted octanol–water partition coefficient (Wildman–Crippen LogP) is 4.28. The number of hydrogen-bond acceptors (Lipinski definition) is 3. The molecular formula is C15H14Cl2FNO2. The molecule has 6 heteroatoms. The van der Waals surface area contributed by atoms with Crippen molar-refractivity contribution >= 4 is 28.9 Å². The molecule has 3 nitrogen and oxygen atoms in total. The number of rotatable bonds is 6. The van der Waals surface area contributed by atoms with E-state index in [4.69, 9.17) is 27.9 Å². The molecule has 1 unspecified atom stereocenters. The summed E-state index contributed by atoms with van der Waals surface area (Å²) in [5, 5.41) is 13.0. The maximum absolute atomic E-state index is 13.2. The maximum Gasteiger partial charge on any atom is 0.150 e. The van der Waals surface area contributed by atoms with Crippen molar-refractivity contribution in [2.24, 2.45) is 0 Å². The lowest BCUT2D eigenvalue weighted by Gasteiger charge is -2.15. The third-order valence-corrected chi connectivity index (χ3v) is 3.26. The zero-order valence-electron chi connectivity index (χ0n) is 11.0. The SMILES string of the molecule is OC(CCl)CNc1cc(Cl)ccc1Oc1cccc(F)c1. The molecule has 2 aromatic rings. The Morgan fingerprint density at radius 1 is 1.24 bits per heavy atom. The lowest BCUT2D eigenvalue weighted by atomic mass is 10.2. The molecular weight excluding hydrogens is 316 g/mol. The predicted molar refractivity (Wildman–Crippen MR) is 83.1 cm³/mol. The van der Waals surface area contributed by atoms with Gasteiger partial charge in [0.25, 0.3) is 0 Å². The smallest absolute Gasteiger partial charge is 0.150 e. The number of nitrogens with one attached hydrogen (secondary N) is 1. The molecule has 2 aromatic carbocycles. The van der Waals surface area contributed by atoms with Crippen LogP contribution in [0.4, 0.5) is 10.1 Å². The molecule has 0 bridgehead atoms. The van der Waals surface area contributed by atoms with Crippen LogP contribution in [0.1, 0.15) is 0 Å². The van der Waals surface area contributed by atoms with Crippen molar-refractivity contribution in [2.45, 2.75) is 6.10 Å². The summed E-state index contributed by atoms with van der Waals surface area (Å²) in [6.07, 6.45) is -0.687. The van der Waals surface area contributed by atoms with Crippen molar-refractivity contribution in [2.75, 3.05) is 17.7 Å². The van der Waals surface area contributed by atoms with E-state index in [1.54, 1.807) is 30.3 Å². The van der Waals surface area contributed by atoms with E-state index in [1.165, 1.54) is 12.1 Å². The first-order valence-corrected chi connectivity index (χ1v) is 7.20. The molecule has 0 heterocycles. The van der Waals surface area contributed by atoms with Crippen molar-refractivity contribution < 1.29 is 14.2 Å². The topological polar surface area (TPSA) is 41.5 Å². The van der Waals surface area contributed by atoms with Crippen LogP contribution in [-0.4, -0.2) is 23.6 Å². The number of aliphatic hydroxyl groups is 1. The van der Waals surface area contributed by atoms with Gasteiger partial charge in [0, 0.05) is 17.6 Å². The van der Waals surface area contributed by atoms with Crippen LogP contribution in [0.5, 0.6) is 11.5 Å². The molecule has 21 heavy (non-hydrogen) atoms. The summed E-state index contributed by atoms with van der Waals surface area (Å²) in [7, 11) is 0. The summed E-state index contributed by atoms with van der Waals surface area (Å²) in [4.78, 5) is 0. The van der Waals surface area contributed by atoms with Gasteiger partial charge in [-0.2, -0.15) is 0 Å². The first-order chi connectivity index (χ1) is 10.1. The molecule has 2 N–H and O–H groups in total. The Bertz CT molecular complexity index is 610. The standard InChI is InChI=1S/C15H14Cl2FNO2/c16-8-12(20)9-19-14-6-10(17)4-5-15(14)21-13-3-1-2-11(18)7-13/h1-7,12,19-20H,8-9H2. The Kier molecular flexibility index (Phi) is 5.67. The third kappa shape index (κ3) is 4.77. The minimum absolute atomic E-state index is 0.119. The highest BCUT2D eigenvalue weighted by Crippen LogP contribution is 2.32. The number of halogens is 3. The summed E-state index contributed by atoms with van der Waals surface area (Å²) in [5.41, 5.74) is 0.593. The second-order valence-corrected chi connectivity index (χ2v) is 5.13. The van der Waals surface area contributed by atoms with Gasteiger partial charge in [-0.05, 0) is 30.3 Å². The highest BCUT2D eigenvalue weighted by atomic mass is 35.5. The normalized spacial score (nSPS) is 12.0. The molecule has 112 valence electrons. The highest BCUT2D eigenvalue weighted by Gasteiger charge is 2.09. The van der Waals surface area contributed by atoms with Gasteiger partial charge in [-0.25, -0.2) is 4.39 Å². The number of aliphatic hydroxyl groups excluding tert-OH is 1. The lowest BCUT2D eigenvalue weighted by molar-refractivity contribution is 0.211. The number of ether oxygens (including phenoxy) is 1. The Morgan fingerprint density at radius 3 is 2.76 bits per heavy atom. The molecule has 0 radical (unpaired) electrons. The van der Waals surface area contributed by atoms with E-state index < -0.39 is 6.10 Å². The second-order valence-electron chi connectivity index (χ2n) is 4.39. The monoisotopic (exact) mass is 329 g/mol. The van der Waals surface area contributed by atoms with Crippen LogP contribution in [0.3, 0.4) is 0 Å². The van der Waals surface area contributed by atoms with Crippen molar-refractivity contribution in [3.05, 3.63) is 53.3 Å². The van der Waals surface area contributed by atoms with Crippen molar-refractivity contribution in [3.63, 3.8) is 0 Å². The van der Waals surface area contributed by atoms with E-state index in [0.29, 0.717) is 22.2 Å². The van der Waals surface area contributed by atoms with Gasteiger partial charge in [-0.15, -0.1) is 11.6 Å². The van der Waals surface area contributed by atoms with Crippen LogP contribution < -0.4 is 10.1 Å². The van der Waals surface area contributed by atoms with Gasteiger partial charge < -0.3 is 15.2 Å². The molecule has 0 aliphatic rings. The number of anilines is 1. The van der Waals surface area contributed by atoms with Crippen LogP contribution in [0.2, 0.25) is 5.02 Å². The van der Waals surface area contributed by atoms with E-state index in [9.17, 15) is 9.50 Å². The van der Waals surface area contributed by atoms with Gasteiger partial charge in [0.2, 0.25) is 0 Å². The lowest BCUT2D eigenvalue weighted by Crippen LogP contribution is -2.20. The molecule has 0 fully saturated rings. The molecule has 0 aliphatic carbocycles. The molecule has 0 aliphatic heterocycles. The highest BCUT2D eigenvalue weighted by molar-refractivity contribution is 6.30. The Labute approximate surface area is 132 Å². The van der Waals surface area contributed by atoms with Crippen LogP contribution in [0.25, 0.3) is 0 Å². The van der Waals surface area contributed by atoms with E-state index in [2.05, 4.69) is 5.32 Å². The van der Waals surface area contributed by atoms with Gasteiger partial charge in [-0.1, -0.05) is 17.7 Å². The van der Waals surface area contributed by atoms with Crippen LogP contribution >= 0.6 is 23.2 Å². The fourth-order valence-corrected chi connectivity index (χ4v) is 1.95. The van der Waals surface area contributed by atoms with Crippen LogP contribution in [-0.2, 0) is 0 Å². The average molecular weight is 330 g/mol. The number of benzene rings is 2. The number of alkyl halides is 1. The molecule has 0 aromatic heterocycles. The fourth-order valence-electron chi connectivity index (χ4n) is 1.67. The summed E-state index contributed by atoms with van der Waals surface area (Å²) in [6, 6.07) is 10.8. The second kappa shape index (κ2) is 7.50. The summed E-state index contributed by atoms with van der Waals surface area (Å²) < 4.78 is 18.8. The van der Waals surface area contributed by atoms with Crippen LogP contribution in [0, 0.1) is 5.82 Å². The minimum Gasteiger partial charge on any atom is -0.455 e. The first kappa shape index (κ1) is 15.9. The van der Waals surface area contributed by atoms with E-state index in [0.717, 1.165) is 0 Å². The third-order valence-electron chi connectivity index (χ3n) is 2.67. The summed E-state index contributed by atoms with van der Waals surface area (Å²) in [5.74, 6) is 0.590. The number of hydrogen-bond donors (Lipinski definition) is 2. The molecule has 0 amide bonds. The molecule has 0 spiro atoms. The largest absolute Gasteiger partial charge is 0.455 e. The van der Waals surface area contributed by atoms with Gasteiger partial charge >= 0.3 is 0 Å². The zero-order valence-corrected chi connectivity index (χ0v) is 12.5.